The first kappa shape index (κ1) is 18.0. The number of rotatable bonds is 10. The van der Waals surface area contributed by atoms with Crippen LogP contribution in [0.25, 0.3) is 0 Å². The minimum atomic E-state index is 0.182. The van der Waals surface area contributed by atoms with Crippen molar-refractivity contribution in [2.75, 3.05) is 19.8 Å². The third-order valence-corrected chi connectivity index (χ3v) is 3.83. The van der Waals surface area contributed by atoms with Gasteiger partial charge in [0.25, 0.3) is 0 Å². The van der Waals surface area contributed by atoms with Crippen LogP contribution in [-0.4, -0.2) is 25.9 Å². The Kier molecular flexibility index (Phi) is 8.15. The Balaban J connectivity index is 1.50. The van der Waals surface area contributed by atoms with Gasteiger partial charge in [-0.05, 0) is 37.1 Å². The van der Waals surface area contributed by atoms with Crippen LogP contribution in [0.5, 0.6) is 5.75 Å². The van der Waals surface area contributed by atoms with Crippen molar-refractivity contribution in [1.29, 1.82) is 0 Å². The Labute approximate surface area is 146 Å². The lowest BCUT2D eigenvalue weighted by Crippen LogP contribution is -2.14. The lowest BCUT2D eigenvalue weighted by atomic mass is 10.2. The summed E-state index contributed by atoms with van der Waals surface area (Å²) in [5, 5.41) is 0. The molecule has 0 amide bonds. The van der Waals surface area contributed by atoms with Gasteiger partial charge in [0.05, 0.1) is 19.3 Å². The number of ether oxygens (including phenoxy) is 3. The Morgan fingerprint density at radius 3 is 2.57 bits per heavy atom. The van der Waals surface area contributed by atoms with Crippen molar-refractivity contribution in [2.45, 2.75) is 26.1 Å². The molecule has 23 heavy (non-hydrogen) atoms. The first-order valence-corrected chi connectivity index (χ1v) is 8.65. The fourth-order valence-electron chi connectivity index (χ4n) is 2.02. The third-order valence-electron chi connectivity index (χ3n) is 3.34. The molecule has 0 spiro atoms. The van der Waals surface area contributed by atoms with Crippen molar-refractivity contribution in [2.24, 2.45) is 0 Å². The second-order valence-electron chi connectivity index (χ2n) is 5.31. The maximum Gasteiger partial charge on any atom is 0.120 e. The fourth-order valence-corrected chi connectivity index (χ4v) is 2.40. The Morgan fingerprint density at radius 2 is 1.78 bits per heavy atom. The number of hydrogen-bond donors (Lipinski definition) is 0. The second-order valence-corrected chi connectivity index (χ2v) is 6.23. The van der Waals surface area contributed by atoms with Crippen LogP contribution in [0.15, 0.2) is 59.1 Å². The van der Waals surface area contributed by atoms with Crippen LogP contribution in [0.2, 0.25) is 0 Å². The molecule has 4 heteroatoms. The predicted octanol–water partition coefficient (Wildman–Crippen LogP) is 4.84. The molecule has 3 nitrogen and oxygen atoms in total. The monoisotopic (exact) mass is 378 g/mol. The lowest BCUT2D eigenvalue weighted by molar-refractivity contribution is 0.0176. The van der Waals surface area contributed by atoms with Crippen LogP contribution in [0.3, 0.4) is 0 Å². The highest BCUT2D eigenvalue weighted by molar-refractivity contribution is 9.10. The molecule has 0 aliphatic carbocycles. The van der Waals surface area contributed by atoms with E-state index >= 15 is 0 Å². The fraction of sp³-hybridized carbons (Fsp3) is 0.368. The second kappa shape index (κ2) is 10.4. The van der Waals surface area contributed by atoms with Gasteiger partial charge in [0, 0.05) is 11.1 Å². The lowest BCUT2D eigenvalue weighted by Gasteiger charge is -2.13. The van der Waals surface area contributed by atoms with Crippen LogP contribution in [0.1, 0.15) is 18.9 Å². The minimum absolute atomic E-state index is 0.182. The summed E-state index contributed by atoms with van der Waals surface area (Å²) in [7, 11) is 0. The molecule has 2 aromatic carbocycles. The van der Waals surface area contributed by atoms with Gasteiger partial charge in [-0.3, -0.25) is 0 Å². The van der Waals surface area contributed by atoms with E-state index in [0.717, 1.165) is 16.6 Å². The molecule has 0 N–H and O–H groups in total. The zero-order chi connectivity index (χ0) is 16.3. The Hall–Kier alpha value is -1.36. The maximum atomic E-state index is 5.80. The smallest absolute Gasteiger partial charge is 0.120 e. The molecule has 0 aromatic heterocycles. The standard InChI is InChI=1S/C19H23BrO3/c1-16(23-15-17-6-3-2-4-7-17)10-11-21-12-13-22-19-9-5-8-18(20)14-19/h2-9,14,16H,10-13,15H2,1H3/t16-/m1/s1. The normalized spacial score (nSPS) is 12.1. The third kappa shape index (κ3) is 7.64. The van der Waals surface area contributed by atoms with E-state index in [2.05, 4.69) is 35.0 Å². The molecule has 0 fully saturated rings. The molecule has 1 atom stereocenters. The first-order chi connectivity index (χ1) is 11.2. The quantitative estimate of drug-likeness (QED) is 0.553. The van der Waals surface area contributed by atoms with Crippen molar-refractivity contribution in [3.63, 3.8) is 0 Å². The maximum absolute atomic E-state index is 5.80. The predicted molar refractivity (Wildman–Crippen MR) is 95.8 cm³/mol. The van der Waals surface area contributed by atoms with E-state index in [0.29, 0.717) is 26.4 Å². The highest BCUT2D eigenvalue weighted by Gasteiger charge is 2.03. The van der Waals surface area contributed by atoms with Crippen LogP contribution >= 0.6 is 15.9 Å². The van der Waals surface area contributed by atoms with E-state index in [1.165, 1.54) is 5.56 Å². The van der Waals surface area contributed by atoms with Gasteiger partial charge >= 0.3 is 0 Å². The molecule has 0 aliphatic rings. The topological polar surface area (TPSA) is 27.7 Å². The molecule has 0 saturated carbocycles. The van der Waals surface area contributed by atoms with E-state index in [-0.39, 0.29) is 6.10 Å². The zero-order valence-electron chi connectivity index (χ0n) is 13.4. The molecule has 0 radical (unpaired) electrons. The van der Waals surface area contributed by atoms with Crippen molar-refractivity contribution >= 4 is 15.9 Å². The molecule has 0 aliphatic heterocycles. The summed E-state index contributed by atoms with van der Waals surface area (Å²) >= 11 is 3.42. The summed E-state index contributed by atoms with van der Waals surface area (Å²) in [6.45, 7) is 4.53. The van der Waals surface area contributed by atoms with Gasteiger partial charge in [-0.25, -0.2) is 0 Å². The van der Waals surface area contributed by atoms with Crippen molar-refractivity contribution < 1.29 is 14.2 Å². The van der Waals surface area contributed by atoms with Gasteiger partial charge in [-0.2, -0.15) is 0 Å². The summed E-state index contributed by atoms with van der Waals surface area (Å²) in [5.41, 5.74) is 1.20. The van der Waals surface area contributed by atoms with Gasteiger partial charge in [-0.15, -0.1) is 0 Å². The molecular formula is C19H23BrO3. The largest absolute Gasteiger partial charge is 0.491 e. The van der Waals surface area contributed by atoms with E-state index < -0.39 is 0 Å². The molecule has 0 saturated heterocycles. The van der Waals surface area contributed by atoms with Crippen LogP contribution in [0.4, 0.5) is 0 Å². The van der Waals surface area contributed by atoms with Gasteiger partial charge in [-0.1, -0.05) is 52.3 Å². The average molecular weight is 379 g/mol. The molecule has 0 bridgehead atoms. The molecule has 0 unspecified atom stereocenters. The van der Waals surface area contributed by atoms with Crippen LogP contribution in [-0.2, 0) is 16.1 Å². The number of hydrogen-bond acceptors (Lipinski definition) is 3. The summed E-state index contributed by atoms with van der Waals surface area (Å²) in [6.07, 6.45) is 1.06. The van der Waals surface area contributed by atoms with E-state index in [1.54, 1.807) is 0 Å². The van der Waals surface area contributed by atoms with Crippen molar-refractivity contribution in [3.05, 3.63) is 64.6 Å². The van der Waals surface area contributed by atoms with Crippen LogP contribution in [0, 0.1) is 0 Å². The van der Waals surface area contributed by atoms with Gasteiger partial charge in [0.2, 0.25) is 0 Å². The Morgan fingerprint density at radius 1 is 0.957 bits per heavy atom. The summed E-state index contributed by atoms with van der Waals surface area (Å²) in [6, 6.07) is 18.0. The molecular weight excluding hydrogens is 356 g/mol. The highest BCUT2D eigenvalue weighted by Crippen LogP contribution is 2.17. The van der Waals surface area contributed by atoms with E-state index in [1.807, 2.05) is 42.5 Å². The summed E-state index contributed by atoms with van der Waals surface area (Å²) in [4.78, 5) is 0. The zero-order valence-corrected chi connectivity index (χ0v) is 15.0. The molecule has 124 valence electrons. The van der Waals surface area contributed by atoms with Crippen LogP contribution < -0.4 is 4.74 Å². The summed E-state index contributed by atoms with van der Waals surface area (Å²) in [5.74, 6) is 0.850. The number of halogens is 1. The Bertz CT molecular complexity index is 560. The summed E-state index contributed by atoms with van der Waals surface area (Å²) < 4.78 is 18.0. The molecule has 0 heterocycles. The first-order valence-electron chi connectivity index (χ1n) is 7.85. The SMILES string of the molecule is C[C@H](CCOCCOc1cccc(Br)c1)OCc1ccccc1. The van der Waals surface area contributed by atoms with E-state index in [4.69, 9.17) is 14.2 Å². The average Bonchev–Trinajstić information content (AvgIpc) is 2.57. The molecule has 2 rings (SSSR count). The van der Waals surface area contributed by atoms with Gasteiger partial charge < -0.3 is 14.2 Å². The number of benzene rings is 2. The van der Waals surface area contributed by atoms with Gasteiger partial charge in [0.15, 0.2) is 0 Å². The minimum Gasteiger partial charge on any atom is -0.491 e. The van der Waals surface area contributed by atoms with Gasteiger partial charge in [0.1, 0.15) is 12.4 Å². The molecule has 2 aromatic rings. The highest BCUT2D eigenvalue weighted by atomic mass is 79.9. The van der Waals surface area contributed by atoms with Crippen molar-refractivity contribution in [1.82, 2.24) is 0 Å². The van der Waals surface area contributed by atoms with E-state index in [9.17, 15) is 0 Å². The van der Waals surface area contributed by atoms with Crippen molar-refractivity contribution in [3.8, 4) is 5.75 Å².